The van der Waals surface area contributed by atoms with Crippen molar-refractivity contribution in [3.05, 3.63) is 58.9 Å². The molecule has 0 fully saturated rings. The van der Waals surface area contributed by atoms with Crippen LogP contribution in [0.1, 0.15) is 15.9 Å². The quantitative estimate of drug-likeness (QED) is 0.661. The fourth-order valence-electron chi connectivity index (χ4n) is 1.59. The molecule has 2 rings (SSSR count). The molecule has 21 heavy (non-hydrogen) atoms. The molecule has 2 N–H and O–H groups in total. The van der Waals surface area contributed by atoms with Crippen LogP contribution in [-0.2, 0) is 10.0 Å². The third-order valence-corrected chi connectivity index (χ3v) is 4.16. The first-order valence-corrected chi connectivity index (χ1v) is 7.75. The first-order chi connectivity index (χ1) is 9.90. The molecule has 1 heterocycles. The summed E-state index contributed by atoms with van der Waals surface area (Å²) < 4.78 is 23.9. The van der Waals surface area contributed by atoms with E-state index in [1.165, 1.54) is 12.1 Å². The number of pyridine rings is 1. The van der Waals surface area contributed by atoms with Crippen molar-refractivity contribution in [1.82, 2.24) is 15.2 Å². The number of sulfonamides is 1. The third kappa shape index (κ3) is 3.78. The lowest BCUT2D eigenvalue weighted by Crippen LogP contribution is -2.41. The number of aryl methyl sites for hydroxylation is 1. The number of rotatable bonds is 4. The number of halogens is 1. The number of carbonyl (C=O) groups is 1. The van der Waals surface area contributed by atoms with Crippen LogP contribution in [0.15, 0.2) is 47.5 Å². The van der Waals surface area contributed by atoms with E-state index in [9.17, 15) is 13.2 Å². The van der Waals surface area contributed by atoms with Gasteiger partial charge in [0.15, 0.2) is 0 Å². The summed E-state index contributed by atoms with van der Waals surface area (Å²) >= 11 is 5.59. The Morgan fingerprint density at radius 3 is 2.52 bits per heavy atom. The average Bonchev–Trinajstić information content (AvgIpc) is 2.46. The molecule has 0 aliphatic carbocycles. The van der Waals surface area contributed by atoms with Gasteiger partial charge in [0, 0.05) is 11.8 Å². The van der Waals surface area contributed by atoms with Gasteiger partial charge in [-0.25, -0.2) is 13.4 Å². The summed E-state index contributed by atoms with van der Waals surface area (Å²) in [5.41, 5.74) is 3.28. The zero-order valence-electron chi connectivity index (χ0n) is 11.0. The van der Waals surface area contributed by atoms with Crippen LogP contribution in [0.2, 0.25) is 5.15 Å². The van der Waals surface area contributed by atoms with E-state index in [2.05, 4.69) is 10.4 Å². The molecule has 0 atom stereocenters. The van der Waals surface area contributed by atoms with Gasteiger partial charge in [0.1, 0.15) is 10.0 Å². The molecule has 1 aromatic heterocycles. The van der Waals surface area contributed by atoms with E-state index in [1.54, 1.807) is 31.2 Å². The van der Waals surface area contributed by atoms with Crippen molar-refractivity contribution in [3.8, 4) is 0 Å². The van der Waals surface area contributed by atoms with Crippen LogP contribution in [0, 0.1) is 6.92 Å². The highest BCUT2D eigenvalue weighted by Crippen LogP contribution is 2.10. The van der Waals surface area contributed by atoms with Crippen LogP contribution in [0.25, 0.3) is 0 Å². The van der Waals surface area contributed by atoms with Crippen LogP contribution in [0.3, 0.4) is 0 Å². The van der Waals surface area contributed by atoms with Crippen molar-refractivity contribution in [3.63, 3.8) is 0 Å². The SMILES string of the molecule is Cc1ccccc1C(=O)NNS(=O)(=O)c1ccc(Cl)nc1. The molecular formula is C13H12ClN3O3S. The molecule has 0 saturated carbocycles. The molecule has 110 valence electrons. The predicted octanol–water partition coefficient (Wildman–Crippen LogP) is 1.67. The lowest BCUT2D eigenvalue weighted by molar-refractivity contribution is 0.0944. The maximum absolute atomic E-state index is 12.0. The Hall–Kier alpha value is -1.96. The number of carbonyl (C=O) groups excluding carboxylic acids is 1. The summed E-state index contributed by atoms with van der Waals surface area (Å²) in [6, 6.07) is 9.47. The highest BCUT2D eigenvalue weighted by molar-refractivity contribution is 7.89. The van der Waals surface area contributed by atoms with E-state index in [-0.39, 0.29) is 10.0 Å². The van der Waals surface area contributed by atoms with Gasteiger partial charge in [-0.3, -0.25) is 10.2 Å². The Bertz CT molecular complexity index is 760. The van der Waals surface area contributed by atoms with Crippen molar-refractivity contribution in [2.45, 2.75) is 11.8 Å². The average molecular weight is 326 g/mol. The number of nitrogens with one attached hydrogen (secondary N) is 2. The highest BCUT2D eigenvalue weighted by atomic mass is 35.5. The highest BCUT2D eigenvalue weighted by Gasteiger charge is 2.16. The third-order valence-electron chi connectivity index (χ3n) is 2.70. The van der Waals surface area contributed by atoms with E-state index in [0.29, 0.717) is 5.56 Å². The first kappa shape index (κ1) is 15.4. The van der Waals surface area contributed by atoms with Crippen molar-refractivity contribution in [2.24, 2.45) is 0 Å². The van der Waals surface area contributed by atoms with Crippen molar-refractivity contribution in [1.29, 1.82) is 0 Å². The summed E-state index contributed by atoms with van der Waals surface area (Å²) in [4.78, 5) is 17.5. The van der Waals surface area contributed by atoms with Gasteiger partial charge in [0.25, 0.3) is 15.9 Å². The van der Waals surface area contributed by atoms with E-state index >= 15 is 0 Å². The first-order valence-electron chi connectivity index (χ1n) is 5.89. The summed E-state index contributed by atoms with van der Waals surface area (Å²) in [5.74, 6) is -0.543. The second-order valence-corrected chi connectivity index (χ2v) is 6.26. The minimum absolute atomic E-state index is 0.100. The molecule has 8 heteroatoms. The van der Waals surface area contributed by atoms with E-state index < -0.39 is 15.9 Å². The predicted molar refractivity (Wildman–Crippen MR) is 78.2 cm³/mol. The van der Waals surface area contributed by atoms with Crippen molar-refractivity contribution in [2.75, 3.05) is 0 Å². The fourth-order valence-corrected chi connectivity index (χ4v) is 2.48. The largest absolute Gasteiger partial charge is 0.273 e. The molecule has 1 amide bonds. The Labute approximate surface area is 127 Å². The van der Waals surface area contributed by atoms with Gasteiger partial charge in [-0.2, -0.15) is 0 Å². The minimum Gasteiger partial charge on any atom is -0.273 e. The number of nitrogens with zero attached hydrogens (tertiary/aromatic N) is 1. The Morgan fingerprint density at radius 1 is 1.19 bits per heavy atom. The Balaban J connectivity index is 2.10. The molecule has 0 spiro atoms. The van der Waals surface area contributed by atoms with Crippen LogP contribution in [-0.4, -0.2) is 19.3 Å². The Morgan fingerprint density at radius 2 is 1.90 bits per heavy atom. The monoisotopic (exact) mass is 325 g/mol. The van der Waals surface area contributed by atoms with Crippen molar-refractivity contribution >= 4 is 27.5 Å². The summed E-state index contributed by atoms with van der Waals surface area (Å²) in [5, 5.41) is 0.179. The number of hydrazine groups is 1. The maximum atomic E-state index is 12.0. The molecular weight excluding hydrogens is 314 g/mol. The lowest BCUT2D eigenvalue weighted by atomic mass is 10.1. The van der Waals surface area contributed by atoms with Gasteiger partial charge in [-0.15, -0.1) is 4.83 Å². The van der Waals surface area contributed by atoms with Crippen LogP contribution in [0.5, 0.6) is 0 Å². The standard InChI is InChI=1S/C13H12ClN3O3S/c1-9-4-2-3-5-11(9)13(18)16-17-21(19,20)10-6-7-12(14)15-8-10/h2-8,17H,1H3,(H,16,18). The second kappa shape index (κ2) is 6.21. The van der Waals surface area contributed by atoms with Gasteiger partial charge < -0.3 is 0 Å². The van der Waals surface area contributed by atoms with Gasteiger partial charge in [-0.1, -0.05) is 29.8 Å². The van der Waals surface area contributed by atoms with Crippen molar-refractivity contribution < 1.29 is 13.2 Å². The smallest absolute Gasteiger partial charge is 0.266 e. The molecule has 0 bridgehead atoms. The molecule has 0 aliphatic heterocycles. The lowest BCUT2D eigenvalue weighted by Gasteiger charge is -2.09. The van der Waals surface area contributed by atoms with E-state index in [1.807, 2.05) is 4.83 Å². The molecule has 0 unspecified atom stereocenters. The van der Waals surface area contributed by atoms with Gasteiger partial charge >= 0.3 is 0 Å². The summed E-state index contributed by atoms with van der Waals surface area (Å²) in [7, 11) is -3.90. The maximum Gasteiger partial charge on any atom is 0.266 e. The Kier molecular flexibility index (Phi) is 4.56. The number of aromatic nitrogens is 1. The topological polar surface area (TPSA) is 88.2 Å². The molecule has 0 radical (unpaired) electrons. The molecule has 6 nitrogen and oxygen atoms in total. The molecule has 1 aromatic carbocycles. The molecule has 0 aliphatic rings. The van der Waals surface area contributed by atoms with Crippen LogP contribution >= 0.6 is 11.6 Å². The second-order valence-electron chi connectivity index (χ2n) is 4.19. The number of hydrogen-bond acceptors (Lipinski definition) is 4. The van der Waals surface area contributed by atoms with Gasteiger partial charge in [0.2, 0.25) is 0 Å². The van der Waals surface area contributed by atoms with Crippen LogP contribution < -0.4 is 10.3 Å². The molecule has 2 aromatic rings. The van der Waals surface area contributed by atoms with Gasteiger partial charge in [-0.05, 0) is 30.7 Å². The van der Waals surface area contributed by atoms with Crippen LogP contribution in [0.4, 0.5) is 0 Å². The number of benzene rings is 1. The summed E-state index contributed by atoms with van der Waals surface area (Å²) in [6.45, 7) is 1.76. The normalized spacial score (nSPS) is 11.1. The molecule has 0 saturated heterocycles. The minimum atomic E-state index is -3.90. The summed E-state index contributed by atoms with van der Waals surface area (Å²) in [6.07, 6.45) is 1.10. The fraction of sp³-hybridized carbons (Fsp3) is 0.0769. The number of amides is 1. The van der Waals surface area contributed by atoms with E-state index in [4.69, 9.17) is 11.6 Å². The zero-order valence-corrected chi connectivity index (χ0v) is 12.6. The van der Waals surface area contributed by atoms with E-state index in [0.717, 1.165) is 11.8 Å². The number of hydrogen-bond donors (Lipinski definition) is 2. The van der Waals surface area contributed by atoms with Gasteiger partial charge in [0.05, 0.1) is 0 Å². The zero-order chi connectivity index (χ0) is 15.5.